The third kappa shape index (κ3) is 2.09. The average molecular weight is 279 g/mol. The van der Waals surface area contributed by atoms with E-state index in [-0.39, 0.29) is 18.0 Å². The van der Waals surface area contributed by atoms with Crippen molar-refractivity contribution in [3.63, 3.8) is 0 Å². The first kappa shape index (κ1) is 14.6. The van der Waals surface area contributed by atoms with Crippen molar-refractivity contribution in [2.45, 2.75) is 59.0 Å². The standard InChI is InChI=1S/C14H21N3O3/c1-13(2,3)16-9(18)7-8-10(11(16)19)17(12(20)15-8)14(4,5)6/h7H2,1-6H3,(H,15,20). The Bertz CT molecular complexity index is 638. The summed E-state index contributed by atoms with van der Waals surface area (Å²) < 4.78 is 1.44. The molecule has 0 radical (unpaired) electrons. The second kappa shape index (κ2) is 4.07. The first-order chi connectivity index (χ1) is 8.94. The number of aromatic nitrogens is 2. The molecule has 0 aromatic carbocycles. The number of fused-ring (bicyclic) bond motifs is 1. The lowest BCUT2D eigenvalue weighted by molar-refractivity contribution is -0.132. The number of amides is 2. The van der Waals surface area contributed by atoms with Gasteiger partial charge in [-0.1, -0.05) is 0 Å². The Hall–Kier alpha value is -1.85. The smallest absolute Gasteiger partial charge is 0.308 e. The lowest BCUT2D eigenvalue weighted by Gasteiger charge is -2.37. The third-order valence-corrected chi connectivity index (χ3v) is 3.30. The molecular formula is C14H21N3O3. The number of imide groups is 1. The first-order valence-corrected chi connectivity index (χ1v) is 6.66. The molecule has 1 aromatic heterocycles. The number of carbonyl (C=O) groups is 2. The van der Waals surface area contributed by atoms with E-state index in [4.69, 9.17) is 0 Å². The van der Waals surface area contributed by atoms with Gasteiger partial charge in [0, 0.05) is 11.1 Å². The molecule has 0 bridgehead atoms. The minimum absolute atomic E-state index is 0.0522. The molecule has 2 rings (SSSR count). The first-order valence-electron chi connectivity index (χ1n) is 6.66. The Balaban J connectivity index is 2.69. The van der Waals surface area contributed by atoms with Crippen molar-refractivity contribution >= 4 is 11.8 Å². The Kier molecular flexibility index (Phi) is 2.96. The molecule has 1 aliphatic heterocycles. The third-order valence-electron chi connectivity index (χ3n) is 3.30. The zero-order valence-corrected chi connectivity index (χ0v) is 12.8. The molecule has 0 aliphatic carbocycles. The number of imidazole rings is 1. The number of nitrogens with one attached hydrogen (secondary N) is 1. The predicted octanol–water partition coefficient (Wildman–Crippen LogP) is 1.25. The van der Waals surface area contributed by atoms with Crippen LogP contribution in [0.25, 0.3) is 0 Å². The van der Waals surface area contributed by atoms with Gasteiger partial charge in [-0.2, -0.15) is 0 Å². The molecule has 0 saturated carbocycles. The molecule has 1 N–H and O–H groups in total. The molecule has 6 heteroatoms. The zero-order chi connectivity index (χ0) is 15.5. The van der Waals surface area contributed by atoms with Crippen molar-refractivity contribution in [1.82, 2.24) is 14.5 Å². The Morgan fingerprint density at radius 2 is 1.50 bits per heavy atom. The highest BCUT2D eigenvalue weighted by Gasteiger charge is 2.42. The highest BCUT2D eigenvalue weighted by molar-refractivity contribution is 6.09. The fourth-order valence-electron chi connectivity index (χ4n) is 2.60. The van der Waals surface area contributed by atoms with Gasteiger partial charge in [0.1, 0.15) is 5.69 Å². The fraction of sp³-hybridized carbons (Fsp3) is 0.643. The summed E-state index contributed by atoms with van der Waals surface area (Å²) in [7, 11) is 0. The van der Waals surface area contributed by atoms with Crippen LogP contribution in [0.3, 0.4) is 0 Å². The van der Waals surface area contributed by atoms with Crippen LogP contribution in [-0.4, -0.2) is 31.8 Å². The van der Waals surface area contributed by atoms with Crippen LogP contribution in [0.2, 0.25) is 0 Å². The summed E-state index contributed by atoms with van der Waals surface area (Å²) >= 11 is 0. The highest BCUT2D eigenvalue weighted by Crippen LogP contribution is 2.27. The van der Waals surface area contributed by atoms with Gasteiger partial charge >= 0.3 is 5.69 Å². The summed E-state index contributed by atoms with van der Waals surface area (Å²) in [4.78, 5) is 40.8. The van der Waals surface area contributed by atoms with Crippen molar-refractivity contribution in [1.29, 1.82) is 0 Å². The summed E-state index contributed by atoms with van der Waals surface area (Å²) in [5.74, 6) is -0.686. The number of hydrogen-bond donors (Lipinski definition) is 1. The largest absolute Gasteiger partial charge is 0.326 e. The number of nitrogens with zero attached hydrogens (tertiary/aromatic N) is 2. The maximum atomic E-state index is 12.7. The van der Waals surface area contributed by atoms with Crippen LogP contribution in [0.15, 0.2) is 4.79 Å². The van der Waals surface area contributed by atoms with E-state index in [9.17, 15) is 14.4 Å². The van der Waals surface area contributed by atoms with Gasteiger partial charge in [0.15, 0.2) is 0 Å². The number of rotatable bonds is 0. The van der Waals surface area contributed by atoms with E-state index in [0.717, 1.165) is 0 Å². The SMILES string of the molecule is CC(C)(C)N1C(=O)Cc2[nH]c(=O)n(C(C)(C)C)c2C1=O. The van der Waals surface area contributed by atoms with Gasteiger partial charge in [-0.15, -0.1) is 0 Å². The van der Waals surface area contributed by atoms with Crippen molar-refractivity contribution in [2.24, 2.45) is 0 Å². The number of H-pyrrole nitrogens is 1. The van der Waals surface area contributed by atoms with Gasteiger partial charge < -0.3 is 4.98 Å². The minimum atomic E-state index is -0.609. The van der Waals surface area contributed by atoms with Crippen molar-refractivity contribution in [3.8, 4) is 0 Å². The van der Waals surface area contributed by atoms with Crippen LogP contribution in [-0.2, 0) is 16.8 Å². The Labute approximate surface area is 117 Å². The summed E-state index contributed by atoms with van der Waals surface area (Å²) in [5.41, 5.74) is -0.764. The molecule has 0 fully saturated rings. The van der Waals surface area contributed by atoms with Gasteiger partial charge in [-0.3, -0.25) is 19.1 Å². The predicted molar refractivity (Wildman–Crippen MR) is 74.7 cm³/mol. The van der Waals surface area contributed by atoms with Crippen molar-refractivity contribution in [2.75, 3.05) is 0 Å². The molecule has 0 atom stereocenters. The van der Waals surface area contributed by atoms with Gasteiger partial charge in [0.25, 0.3) is 5.91 Å². The van der Waals surface area contributed by atoms with Crippen LogP contribution >= 0.6 is 0 Å². The number of hydrogen-bond acceptors (Lipinski definition) is 3. The van der Waals surface area contributed by atoms with Gasteiger partial charge in [0.05, 0.1) is 12.1 Å². The summed E-state index contributed by atoms with van der Waals surface area (Å²) in [6.45, 7) is 11.0. The molecule has 20 heavy (non-hydrogen) atoms. The lowest BCUT2D eigenvalue weighted by Crippen LogP contribution is -2.53. The van der Waals surface area contributed by atoms with Crippen LogP contribution in [0, 0.1) is 0 Å². The topological polar surface area (TPSA) is 75.2 Å². The summed E-state index contributed by atoms with van der Waals surface area (Å²) in [5, 5.41) is 0. The second-order valence-corrected chi connectivity index (χ2v) is 7.15. The zero-order valence-electron chi connectivity index (χ0n) is 12.8. The van der Waals surface area contributed by atoms with Crippen LogP contribution in [0.1, 0.15) is 57.7 Å². The second-order valence-electron chi connectivity index (χ2n) is 7.15. The Morgan fingerprint density at radius 3 is 1.95 bits per heavy atom. The minimum Gasteiger partial charge on any atom is -0.308 e. The van der Waals surface area contributed by atoms with Crippen LogP contribution in [0.4, 0.5) is 0 Å². The molecular weight excluding hydrogens is 258 g/mol. The van der Waals surface area contributed by atoms with E-state index in [0.29, 0.717) is 11.4 Å². The monoisotopic (exact) mass is 279 g/mol. The maximum Gasteiger partial charge on any atom is 0.326 e. The van der Waals surface area contributed by atoms with Crippen LogP contribution < -0.4 is 5.69 Å². The van der Waals surface area contributed by atoms with Crippen LogP contribution in [0.5, 0.6) is 0 Å². The van der Waals surface area contributed by atoms with E-state index < -0.39 is 17.0 Å². The normalized spacial score (nSPS) is 16.6. The molecule has 0 saturated heterocycles. The molecule has 1 aliphatic rings. The molecule has 110 valence electrons. The van der Waals surface area contributed by atoms with Crippen molar-refractivity contribution in [3.05, 3.63) is 21.9 Å². The van der Waals surface area contributed by atoms with E-state index in [1.54, 1.807) is 20.8 Å². The van der Waals surface area contributed by atoms with Gasteiger partial charge in [-0.05, 0) is 41.5 Å². The molecule has 0 unspecified atom stereocenters. The Morgan fingerprint density at radius 1 is 0.950 bits per heavy atom. The van der Waals surface area contributed by atoms with Gasteiger partial charge in [-0.25, -0.2) is 4.79 Å². The number of aromatic amines is 1. The summed E-state index contributed by atoms with van der Waals surface area (Å²) in [6.07, 6.45) is 0.0522. The quantitative estimate of drug-likeness (QED) is 0.726. The van der Waals surface area contributed by atoms with E-state index in [1.807, 2.05) is 20.8 Å². The fourth-order valence-corrected chi connectivity index (χ4v) is 2.60. The molecule has 1 aromatic rings. The van der Waals surface area contributed by atoms with E-state index >= 15 is 0 Å². The highest BCUT2D eigenvalue weighted by atomic mass is 16.2. The number of carbonyl (C=O) groups excluding carboxylic acids is 2. The molecule has 2 amide bonds. The van der Waals surface area contributed by atoms with Crippen molar-refractivity contribution < 1.29 is 9.59 Å². The molecule has 2 heterocycles. The molecule has 6 nitrogen and oxygen atoms in total. The van der Waals surface area contributed by atoms with Gasteiger partial charge in [0.2, 0.25) is 5.91 Å². The van der Waals surface area contributed by atoms with E-state index in [1.165, 1.54) is 9.47 Å². The molecule has 0 spiro atoms. The van der Waals surface area contributed by atoms with E-state index in [2.05, 4.69) is 4.98 Å². The summed E-state index contributed by atoms with van der Waals surface area (Å²) in [6, 6.07) is 0. The lowest BCUT2D eigenvalue weighted by atomic mass is 9.99. The average Bonchev–Trinajstić information content (AvgIpc) is 2.51. The maximum absolute atomic E-state index is 12.7.